The SMILES string of the molecule is CCC(CC)(CC)NC(=O)N[C@@H](Cc1cnc[nH]1)C(=O)O. The van der Waals surface area contributed by atoms with Gasteiger partial charge in [-0.2, -0.15) is 0 Å². The van der Waals surface area contributed by atoms with Gasteiger partial charge in [-0.1, -0.05) is 20.8 Å². The number of amides is 2. The second-order valence-corrected chi connectivity index (χ2v) is 5.11. The van der Waals surface area contributed by atoms with Crippen molar-refractivity contribution >= 4 is 12.0 Å². The summed E-state index contributed by atoms with van der Waals surface area (Å²) in [6.07, 6.45) is 5.58. The zero-order valence-corrected chi connectivity index (χ0v) is 12.8. The molecule has 0 saturated heterocycles. The molecule has 0 aliphatic carbocycles. The number of aliphatic carboxylic acids is 1. The van der Waals surface area contributed by atoms with E-state index < -0.39 is 18.0 Å². The average molecular weight is 296 g/mol. The van der Waals surface area contributed by atoms with Crippen LogP contribution in [-0.4, -0.2) is 38.7 Å². The van der Waals surface area contributed by atoms with Gasteiger partial charge in [-0.15, -0.1) is 0 Å². The number of rotatable bonds is 8. The lowest BCUT2D eigenvalue weighted by Gasteiger charge is -2.32. The molecule has 1 atom stereocenters. The van der Waals surface area contributed by atoms with Crippen molar-refractivity contribution < 1.29 is 14.7 Å². The summed E-state index contributed by atoms with van der Waals surface area (Å²) in [5.41, 5.74) is 0.372. The predicted molar refractivity (Wildman–Crippen MR) is 79.0 cm³/mol. The van der Waals surface area contributed by atoms with Gasteiger partial charge in [0.05, 0.1) is 6.33 Å². The first kappa shape index (κ1) is 17.0. The molecule has 21 heavy (non-hydrogen) atoms. The number of imidazole rings is 1. The second-order valence-electron chi connectivity index (χ2n) is 5.11. The average Bonchev–Trinajstić information content (AvgIpc) is 2.97. The molecule has 0 bridgehead atoms. The van der Waals surface area contributed by atoms with Gasteiger partial charge in [-0.3, -0.25) is 0 Å². The van der Waals surface area contributed by atoms with Gasteiger partial charge in [0, 0.05) is 23.9 Å². The minimum absolute atomic E-state index is 0.167. The van der Waals surface area contributed by atoms with Crippen LogP contribution in [0.4, 0.5) is 4.79 Å². The Kier molecular flexibility index (Phi) is 6.20. The molecule has 0 aromatic carbocycles. The second kappa shape index (κ2) is 7.66. The lowest BCUT2D eigenvalue weighted by Crippen LogP contribution is -2.55. The number of carbonyl (C=O) groups excluding carboxylic acids is 1. The fourth-order valence-electron chi connectivity index (χ4n) is 2.27. The number of urea groups is 1. The van der Waals surface area contributed by atoms with Crippen molar-refractivity contribution in [3.8, 4) is 0 Å². The van der Waals surface area contributed by atoms with E-state index in [9.17, 15) is 14.7 Å². The van der Waals surface area contributed by atoms with Crippen molar-refractivity contribution in [2.75, 3.05) is 0 Å². The standard InChI is InChI=1S/C14H24N4O3/c1-4-14(5-2,6-3)18-13(21)17-11(12(19)20)7-10-8-15-9-16-10/h8-9,11H,4-7H2,1-3H3,(H,15,16)(H,19,20)(H2,17,18,21)/t11-/m0/s1. The molecule has 0 fully saturated rings. The maximum absolute atomic E-state index is 12.1. The number of nitrogens with one attached hydrogen (secondary N) is 3. The van der Waals surface area contributed by atoms with E-state index in [0.717, 1.165) is 19.3 Å². The van der Waals surface area contributed by atoms with Crippen LogP contribution >= 0.6 is 0 Å². The molecular weight excluding hydrogens is 272 g/mol. The van der Waals surface area contributed by atoms with Gasteiger partial charge in [0.25, 0.3) is 0 Å². The van der Waals surface area contributed by atoms with E-state index in [1.165, 1.54) is 6.33 Å². The first-order valence-electron chi connectivity index (χ1n) is 7.25. The number of hydrogen-bond donors (Lipinski definition) is 4. The third kappa shape index (κ3) is 4.77. The summed E-state index contributed by atoms with van der Waals surface area (Å²) in [5.74, 6) is -1.07. The van der Waals surface area contributed by atoms with Crippen LogP contribution < -0.4 is 10.6 Å². The van der Waals surface area contributed by atoms with Gasteiger partial charge >= 0.3 is 12.0 Å². The third-order valence-corrected chi connectivity index (χ3v) is 3.99. The molecule has 0 aliphatic rings. The highest BCUT2D eigenvalue weighted by molar-refractivity contribution is 5.83. The Morgan fingerprint density at radius 2 is 1.95 bits per heavy atom. The first-order chi connectivity index (χ1) is 9.96. The van der Waals surface area contributed by atoms with Crippen molar-refractivity contribution in [1.82, 2.24) is 20.6 Å². The molecule has 1 heterocycles. The lowest BCUT2D eigenvalue weighted by molar-refractivity contribution is -0.139. The van der Waals surface area contributed by atoms with Gasteiger partial charge < -0.3 is 20.7 Å². The molecule has 0 saturated carbocycles. The molecule has 2 amide bonds. The zero-order chi connectivity index (χ0) is 15.9. The summed E-state index contributed by atoms with van der Waals surface area (Å²) >= 11 is 0. The Morgan fingerprint density at radius 3 is 2.38 bits per heavy atom. The summed E-state index contributed by atoms with van der Waals surface area (Å²) in [6, 6.07) is -1.44. The smallest absolute Gasteiger partial charge is 0.326 e. The quantitative estimate of drug-likeness (QED) is 0.585. The van der Waals surface area contributed by atoms with Crippen molar-refractivity contribution in [3.05, 3.63) is 18.2 Å². The summed E-state index contributed by atoms with van der Waals surface area (Å²) in [5, 5.41) is 14.6. The van der Waals surface area contributed by atoms with Crippen molar-refractivity contribution in [2.45, 2.75) is 58.0 Å². The highest BCUT2D eigenvalue weighted by Crippen LogP contribution is 2.18. The molecule has 1 aromatic rings. The lowest BCUT2D eigenvalue weighted by atomic mass is 9.90. The van der Waals surface area contributed by atoms with Crippen LogP contribution in [-0.2, 0) is 11.2 Å². The summed E-state index contributed by atoms with van der Waals surface area (Å²) < 4.78 is 0. The number of aromatic nitrogens is 2. The van der Waals surface area contributed by atoms with E-state index >= 15 is 0 Å². The fourth-order valence-corrected chi connectivity index (χ4v) is 2.27. The minimum atomic E-state index is -1.07. The Morgan fingerprint density at radius 1 is 1.33 bits per heavy atom. The molecule has 4 N–H and O–H groups in total. The normalized spacial score (nSPS) is 12.7. The number of hydrogen-bond acceptors (Lipinski definition) is 3. The van der Waals surface area contributed by atoms with E-state index in [2.05, 4.69) is 20.6 Å². The molecular formula is C14H24N4O3. The maximum atomic E-state index is 12.1. The van der Waals surface area contributed by atoms with E-state index in [1.54, 1.807) is 6.20 Å². The molecule has 7 nitrogen and oxygen atoms in total. The number of carbonyl (C=O) groups is 2. The fraction of sp³-hybridized carbons (Fsp3) is 0.643. The van der Waals surface area contributed by atoms with E-state index in [4.69, 9.17) is 0 Å². The van der Waals surface area contributed by atoms with Crippen molar-refractivity contribution in [1.29, 1.82) is 0 Å². The molecule has 1 rings (SSSR count). The predicted octanol–water partition coefficient (Wildman–Crippen LogP) is 1.67. The minimum Gasteiger partial charge on any atom is -0.480 e. The largest absolute Gasteiger partial charge is 0.480 e. The number of aromatic amines is 1. The summed E-state index contributed by atoms with van der Waals surface area (Å²) in [6.45, 7) is 6.02. The van der Waals surface area contributed by atoms with E-state index in [-0.39, 0.29) is 12.0 Å². The number of carboxylic acids is 1. The Bertz CT molecular complexity index is 447. The molecule has 0 aliphatic heterocycles. The van der Waals surface area contributed by atoms with E-state index in [0.29, 0.717) is 5.69 Å². The van der Waals surface area contributed by atoms with Gasteiger partial charge in [-0.05, 0) is 19.3 Å². The molecule has 1 aromatic heterocycles. The van der Waals surface area contributed by atoms with Crippen molar-refractivity contribution in [2.24, 2.45) is 0 Å². The first-order valence-corrected chi connectivity index (χ1v) is 7.25. The molecule has 0 spiro atoms. The van der Waals surface area contributed by atoms with Gasteiger partial charge in [-0.25, -0.2) is 14.6 Å². The number of carboxylic acid groups (broad SMARTS) is 1. The topological polar surface area (TPSA) is 107 Å². The van der Waals surface area contributed by atoms with Crippen LogP contribution in [0.25, 0.3) is 0 Å². The Balaban J connectivity index is 2.66. The van der Waals surface area contributed by atoms with Gasteiger partial charge in [0.2, 0.25) is 0 Å². The van der Waals surface area contributed by atoms with Crippen LogP contribution in [0.1, 0.15) is 45.7 Å². The molecule has 7 heteroatoms. The molecule has 0 unspecified atom stereocenters. The molecule has 118 valence electrons. The Labute approximate surface area is 124 Å². The number of nitrogens with zero attached hydrogens (tertiary/aromatic N) is 1. The third-order valence-electron chi connectivity index (χ3n) is 3.99. The van der Waals surface area contributed by atoms with Gasteiger partial charge in [0.15, 0.2) is 0 Å². The van der Waals surface area contributed by atoms with Crippen molar-refractivity contribution in [3.63, 3.8) is 0 Å². The Hall–Kier alpha value is -2.05. The van der Waals surface area contributed by atoms with Crippen LogP contribution in [0.5, 0.6) is 0 Å². The molecule has 0 radical (unpaired) electrons. The van der Waals surface area contributed by atoms with Crippen LogP contribution in [0, 0.1) is 0 Å². The zero-order valence-electron chi connectivity index (χ0n) is 12.8. The highest BCUT2D eigenvalue weighted by atomic mass is 16.4. The van der Waals surface area contributed by atoms with Gasteiger partial charge in [0.1, 0.15) is 6.04 Å². The summed E-state index contributed by atoms with van der Waals surface area (Å²) in [7, 11) is 0. The van der Waals surface area contributed by atoms with Crippen LogP contribution in [0.2, 0.25) is 0 Å². The van der Waals surface area contributed by atoms with E-state index in [1.807, 2.05) is 20.8 Å². The maximum Gasteiger partial charge on any atom is 0.326 e. The summed E-state index contributed by atoms with van der Waals surface area (Å²) in [4.78, 5) is 30.0. The monoisotopic (exact) mass is 296 g/mol. The van der Waals surface area contributed by atoms with Crippen LogP contribution in [0.3, 0.4) is 0 Å². The number of H-pyrrole nitrogens is 1. The highest BCUT2D eigenvalue weighted by Gasteiger charge is 2.28. The van der Waals surface area contributed by atoms with Crippen LogP contribution in [0.15, 0.2) is 12.5 Å².